The van der Waals surface area contributed by atoms with Gasteiger partial charge in [0.05, 0.1) is 54.5 Å². The molecule has 3 fully saturated rings. The highest BCUT2D eigenvalue weighted by Crippen LogP contribution is 2.58. The Morgan fingerprint density at radius 3 is 2.69 bits per heavy atom. The summed E-state index contributed by atoms with van der Waals surface area (Å²) in [5, 5.41) is 8.94. The molecule has 9 nitrogen and oxygen atoms in total. The van der Waals surface area contributed by atoms with Crippen molar-refractivity contribution in [2.45, 2.75) is 38.1 Å². The van der Waals surface area contributed by atoms with Crippen molar-refractivity contribution in [2.24, 2.45) is 11.8 Å². The van der Waals surface area contributed by atoms with Crippen LogP contribution in [0.3, 0.4) is 0 Å². The summed E-state index contributed by atoms with van der Waals surface area (Å²) in [5.74, 6) is 2.03. The number of ether oxygens (including phenoxy) is 3. The van der Waals surface area contributed by atoms with Gasteiger partial charge in [0, 0.05) is 42.9 Å². The van der Waals surface area contributed by atoms with E-state index < -0.39 is 5.82 Å². The van der Waals surface area contributed by atoms with Crippen LogP contribution in [0.2, 0.25) is 0 Å². The molecule has 7 rings (SSSR count). The predicted octanol–water partition coefficient (Wildman–Crippen LogP) is 4.44. The van der Waals surface area contributed by atoms with Gasteiger partial charge in [-0.15, -0.1) is 0 Å². The fourth-order valence-electron chi connectivity index (χ4n) is 6.34. The first-order valence-corrected chi connectivity index (χ1v) is 14.2. The Morgan fingerprint density at radius 2 is 1.98 bits per heavy atom. The second-order valence-corrected chi connectivity index (χ2v) is 11.3. The van der Waals surface area contributed by atoms with E-state index >= 15 is 0 Å². The van der Waals surface area contributed by atoms with Crippen LogP contribution in [0.25, 0.3) is 11.0 Å². The Hall–Kier alpha value is -4.33. The smallest absolute Gasteiger partial charge is 0.337 e. The highest BCUT2D eigenvalue weighted by Gasteiger charge is 2.57. The van der Waals surface area contributed by atoms with E-state index in [0.717, 1.165) is 55.2 Å². The monoisotopic (exact) mass is 567 g/mol. The largest absolute Gasteiger partial charge is 0.473 e. The number of esters is 1. The van der Waals surface area contributed by atoms with Crippen molar-refractivity contribution in [1.82, 2.24) is 19.4 Å². The van der Waals surface area contributed by atoms with Gasteiger partial charge in [-0.3, -0.25) is 4.90 Å². The van der Waals surface area contributed by atoms with Gasteiger partial charge in [-0.1, -0.05) is 12.1 Å². The molecule has 0 radical (unpaired) electrons. The van der Waals surface area contributed by atoms with E-state index in [1.54, 1.807) is 24.3 Å². The Morgan fingerprint density at radius 1 is 1.14 bits per heavy atom. The minimum Gasteiger partial charge on any atom is -0.473 e. The van der Waals surface area contributed by atoms with Gasteiger partial charge in [-0.05, 0) is 54.7 Å². The lowest BCUT2D eigenvalue weighted by Gasteiger charge is -2.28. The third kappa shape index (κ3) is 4.99. The van der Waals surface area contributed by atoms with Crippen LogP contribution < -0.4 is 4.74 Å². The molecule has 2 saturated heterocycles. The number of piperidine rings is 1. The number of aromatic nitrogens is 3. The maximum absolute atomic E-state index is 14.3. The maximum atomic E-state index is 14.3. The molecule has 2 aromatic carbocycles. The van der Waals surface area contributed by atoms with Crippen LogP contribution in [0.15, 0.2) is 54.6 Å². The third-order valence-electron chi connectivity index (χ3n) is 8.71. The highest BCUT2D eigenvalue weighted by atomic mass is 19.1. The summed E-state index contributed by atoms with van der Waals surface area (Å²) in [5.41, 5.74) is 3.97. The average Bonchev–Trinajstić information content (AvgIpc) is 3.30. The molecular weight excluding hydrogens is 537 g/mol. The first-order chi connectivity index (χ1) is 20.5. The second kappa shape index (κ2) is 10.8. The number of hydrogen-bond donors (Lipinski definition) is 0. The lowest BCUT2D eigenvalue weighted by Crippen LogP contribution is -2.33. The van der Waals surface area contributed by atoms with Crippen LogP contribution in [-0.4, -0.2) is 58.3 Å². The molecule has 3 aliphatic rings. The van der Waals surface area contributed by atoms with Gasteiger partial charge in [0.25, 0.3) is 0 Å². The molecule has 0 amide bonds. The molecule has 2 aliphatic heterocycles. The molecule has 4 heterocycles. The summed E-state index contributed by atoms with van der Waals surface area (Å²) in [6.07, 6.45) is 1.18. The molecule has 3 atom stereocenters. The van der Waals surface area contributed by atoms with E-state index in [2.05, 4.69) is 9.47 Å². The molecule has 10 heteroatoms. The zero-order chi connectivity index (χ0) is 28.8. The number of imidazole rings is 1. The minimum absolute atomic E-state index is 0.0489. The predicted molar refractivity (Wildman–Crippen MR) is 150 cm³/mol. The van der Waals surface area contributed by atoms with Gasteiger partial charge >= 0.3 is 5.97 Å². The molecule has 2 unspecified atom stereocenters. The van der Waals surface area contributed by atoms with Crippen molar-refractivity contribution < 1.29 is 23.4 Å². The number of halogens is 1. The number of nitriles is 1. The van der Waals surface area contributed by atoms with E-state index in [0.29, 0.717) is 41.3 Å². The molecule has 0 spiro atoms. The Kier molecular flexibility index (Phi) is 6.84. The quantitative estimate of drug-likeness (QED) is 0.274. The number of methoxy groups -OCH3 is 1. The topological polar surface area (TPSA) is 102 Å². The molecule has 214 valence electrons. The van der Waals surface area contributed by atoms with Crippen molar-refractivity contribution in [2.75, 3.05) is 26.8 Å². The first kappa shape index (κ1) is 26.6. The molecule has 2 aromatic heterocycles. The van der Waals surface area contributed by atoms with Crippen LogP contribution >= 0.6 is 0 Å². The normalized spacial score (nSPS) is 22.8. The number of fused-ring (bicyclic) bond motifs is 2. The van der Waals surface area contributed by atoms with E-state index in [1.807, 2.05) is 30.3 Å². The highest BCUT2D eigenvalue weighted by molar-refractivity contribution is 5.93. The van der Waals surface area contributed by atoms with Crippen LogP contribution in [-0.2, 0) is 29.2 Å². The summed E-state index contributed by atoms with van der Waals surface area (Å²) in [7, 11) is 1.39. The summed E-state index contributed by atoms with van der Waals surface area (Å²) < 4.78 is 32.9. The summed E-state index contributed by atoms with van der Waals surface area (Å²) in [4.78, 5) is 24.3. The van der Waals surface area contributed by atoms with Crippen molar-refractivity contribution in [3.05, 3.63) is 88.6 Å². The number of nitrogens with zero attached hydrogens (tertiary/aromatic N) is 5. The molecule has 1 aliphatic carbocycles. The average molecular weight is 568 g/mol. The summed E-state index contributed by atoms with van der Waals surface area (Å²) in [6, 6.07) is 17.6. The van der Waals surface area contributed by atoms with Gasteiger partial charge in [0.1, 0.15) is 18.2 Å². The standard InChI is InChI=1S/C32H30FN5O4/c1-40-32(39)20-7-8-26-28(12-20)38(14-22-9-10-41-22)29(35-26)17-37-15-23-24(16-37)31(23)27-3-2-4-30(36-27)42-18-21-6-5-19(13-34)11-25(21)33/h2-8,11-12,22-24,31H,9-10,14-18H2,1H3/t22-,23?,24?,31?/m0/s1. The van der Waals surface area contributed by atoms with Crippen LogP contribution in [0, 0.1) is 29.0 Å². The third-order valence-corrected chi connectivity index (χ3v) is 8.71. The molecule has 1 saturated carbocycles. The van der Waals surface area contributed by atoms with Gasteiger partial charge in [-0.2, -0.15) is 5.26 Å². The summed E-state index contributed by atoms with van der Waals surface area (Å²) >= 11 is 0. The SMILES string of the molecule is COC(=O)c1ccc2nc(CN3CC4C(C3)C4c3cccc(OCc4ccc(C#N)cc4F)n3)n(C[C@@H]3CCO3)c2c1. The fraction of sp³-hybridized carbons (Fsp3) is 0.375. The van der Waals surface area contributed by atoms with E-state index in [-0.39, 0.29) is 24.2 Å². The number of rotatable bonds is 9. The Labute approximate surface area is 242 Å². The number of carbonyl (C=O) groups excluding carboxylic acids is 1. The van der Waals surface area contributed by atoms with Gasteiger partial charge < -0.3 is 18.8 Å². The zero-order valence-corrected chi connectivity index (χ0v) is 23.2. The molecular formula is C32H30FN5O4. The Bertz CT molecular complexity index is 1700. The lowest BCUT2D eigenvalue weighted by atomic mass is 10.1. The number of benzene rings is 2. The van der Waals surface area contributed by atoms with Gasteiger partial charge in [-0.25, -0.2) is 19.2 Å². The minimum atomic E-state index is -0.459. The van der Waals surface area contributed by atoms with Crippen molar-refractivity contribution >= 4 is 17.0 Å². The van der Waals surface area contributed by atoms with Crippen molar-refractivity contribution in [1.29, 1.82) is 5.26 Å². The Balaban J connectivity index is 1.01. The number of likely N-dealkylation sites (tertiary alicyclic amines) is 1. The molecule has 0 N–H and O–H groups in total. The maximum Gasteiger partial charge on any atom is 0.337 e. The van der Waals surface area contributed by atoms with Crippen LogP contribution in [0.1, 0.15) is 45.3 Å². The van der Waals surface area contributed by atoms with Gasteiger partial charge in [0.15, 0.2) is 0 Å². The van der Waals surface area contributed by atoms with E-state index in [4.69, 9.17) is 29.4 Å². The molecule has 42 heavy (non-hydrogen) atoms. The van der Waals surface area contributed by atoms with Crippen molar-refractivity contribution in [3.63, 3.8) is 0 Å². The second-order valence-electron chi connectivity index (χ2n) is 11.3. The molecule has 0 bridgehead atoms. The van der Waals surface area contributed by atoms with Gasteiger partial charge in [0.2, 0.25) is 5.88 Å². The number of carbonyl (C=O) groups is 1. The lowest BCUT2D eigenvalue weighted by molar-refractivity contribution is -0.0591. The number of hydrogen-bond acceptors (Lipinski definition) is 8. The van der Waals surface area contributed by atoms with E-state index in [9.17, 15) is 9.18 Å². The van der Waals surface area contributed by atoms with Crippen LogP contribution in [0.4, 0.5) is 4.39 Å². The molecule has 4 aromatic rings. The van der Waals surface area contributed by atoms with Crippen LogP contribution in [0.5, 0.6) is 5.88 Å². The first-order valence-electron chi connectivity index (χ1n) is 14.2. The summed E-state index contributed by atoms with van der Waals surface area (Å²) in [6.45, 7) is 4.17. The number of pyridine rings is 1. The zero-order valence-electron chi connectivity index (χ0n) is 23.2. The fourth-order valence-corrected chi connectivity index (χ4v) is 6.34. The van der Waals surface area contributed by atoms with Crippen molar-refractivity contribution in [3.8, 4) is 11.9 Å². The van der Waals surface area contributed by atoms with E-state index in [1.165, 1.54) is 13.2 Å².